The van der Waals surface area contributed by atoms with Crippen molar-refractivity contribution in [3.63, 3.8) is 0 Å². The SMILES string of the molecule is O=C(N/C(=C\c1ccccc1)C(=O)C1CCC(O)(c2ccc(Br)cc2)CC1)c1ccccc1. The Kier molecular flexibility index (Phi) is 7.21. The number of Topliss-reactive ketones (excluding diaryl/α,β-unsaturated/α-hetero) is 1. The molecule has 0 bridgehead atoms. The summed E-state index contributed by atoms with van der Waals surface area (Å²) in [5.74, 6) is -0.666. The van der Waals surface area contributed by atoms with Crippen molar-refractivity contribution in [2.24, 2.45) is 5.92 Å². The highest BCUT2D eigenvalue weighted by atomic mass is 79.9. The molecule has 1 fully saturated rings. The molecule has 3 aromatic rings. The zero-order valence-corrected chi connectivity index (χ0v) is 19.8. The van der Waals surface area contributed by atoms with Gasteiger partial charge in [-0.25, -0.2) is 0 Å². The number of hydrogen-bond donors (Lipinski definition) is 2. The molecule has 4 nitrogen and oxygen atoms in total. The Morgan fingerprint density at radius 1 is 0.879 bits per heavy atom. The lowest BCUT2D eigenvalue weighted by Crippen LogP contribution is -2.37. The number of nitrogens with one attached hydrogen (secondary N) is 1. The van der Waals surface area contributed by atoms with Crippen molar-refractivity contribution in [1.82, 2.24) is 5.32 Å². The van der Waals surface area contributed by atoms with Crippen LogP contribution in [0.15, 0.2) is 95.1 Å². The van der Waals surface area contributed by atoms with Crippen LogP contribution < -0.4 is 5.32 Å². The molecule has 3 aromatic carbocycles. The minimum Gasteiger partial charge on any atom is -0.385 e. The molecule has 1 aliphatic carbocycles. The fourth-order valence-corrected chi connectivity index (χ4v) is 4.56. The lowest BCUT2D eigenvalue weighted by molar-refractivity contribution is -0.122. The first kappa shape index (κ1) is 23.1. The maximum Gasteiger partial charge on any atom is 0.255 e. The Morgan fingerprint density at radius 3 is 2.06 bits per heavy atom. The third-order valence-electron chi connectivity index (χ3n) is 6.23. The molecule has 33 heavy (non-hydrogen) atoms. The van der Waals surface area contributed by atoms with Crippen LogP contribution in [0.2, 0.25) is 0 Å². The van der Waals surface area contributed by atoms with Crippen molar-refractivity contribution >= 4 is 33.7 Å². The van der Waals surface area contributed by atoms with Crippen molar-refractivity contribution in [1.29, 1.82) is 0 Å². The van der Waals surface area contributed by atoms with E-state index in [0.29, 0.717) is 31.2 Å². The minimum atomic E-state index is -0.936. The van der Waals surface area contributed by atoms with E-state index in [0.717, 1.165) is 15.6 Å². The zero-order valence-electron chi connectivity index (χ0n) is 18.2. The molecule has 0 unspecified atom stereocenters. The maximum atomic E-state index is 13.5. The lowest BCUT2D eigenvalue weighted by Gasteiger charge is -2.36. The van der Waals surface area contributed by atoms with Crippen LogP contribution in [0.1, 0.15) is 47.2 Å². The summed E-state index contributed by atoms with van der Waals surface area (Å²) in [5.41, 5.74) is 1.56. The molecule has 4 rings (SSSR count). The largest absolute Gasteiger partial charge is 0.385 e. The topological polar surface area (TPSA) is 66.4 Å². The second-order valence-corrected chi connectivity index (χ2v) is 9.38. The number of ketones is 1. The highest BCUT2D eigenvalue weighted by Crippen LogP contribution is 2.40. The van der Waals surface area contributed by atoms with Gasteiger partial charge in [0.2, 0.25) is 0 Å². The van der Waals surface area contributed by atoms with Gasteiger partial charge in [0.05, 0.1) is 11.3 Å². The second-order valence-electron chi connectivity index (χ2n) is 8.47. The first-order chi connectivity index (χ1) is 15.9. The quantitative estimate of drug-likeness (QED) is 0.413. The van der Waals surface area contributed by atoms with Gasteiger partial charge in [0, 0.05) is 16.0 Å². The molecule has 0 spiro atoms. The molecular weight excluding hydrogens is 478 g/mol. The molecule has 1 amide bonds. The van der Waals surface area contributed by atoms with Crippen LogP contribution in [-0.2, 0) is 10.4 Å². The van der Waals surface area contributed by atoms with Gasteiger partial charge < -0.3 is 10.4 Å². The summed E-state index contributed by atoms with van der Waals surface area (Å²) < 4.78 is 0.962. The summed E-state index contributed by atoms with van der Waals surface area (Å²) in [6.45, 7) is 0. The van der Waals surface area contributed by atoms with Crippen LogP contribution in [0, 0.1) is 5.92 Å². The lowest BCUT2D eigenvalue weighted by atomic mass is 9.73. The van der Waals surface area contributed by atoms with E-state index >= 15 is 0 Å². The van der Waals surface area contributed by atoms with E-state index < -0.39 is 5.60 Å². The number of allylic oxidation sites excluding steroid dienone is 1. The molecular formula is C28H26BrNO3. The molecule has 1 aliphatic rings. The zero-order chi connectivity index (χ0) is 23.3. The summed E-state index contributed by atoms with van der Waals surface area (Å²) in [6.07, 6.45) is 3.84. The van der Waals surface area contributed by atoms with Gasteiger partial charge in [0.1, 0.15) is 0 Å². The number of rotatable bonds is 6. The summed E-state index contributed by atoms with van der Waals surface area (Å²) in [5, 5.41) is 14.0. The van der Waals surface area contributed by atoms with E-state index in [-0.39, 0.29) is 23.3 Å². The highest BCUT2D eigenvalue weighted by Gasteiger charge is 2.38. The van der Waals surface area contributed by atoms with Crippen LogP contribution in [0.5, 0.6) is 0 Å². The number of hydrogen-bond acceptors (Lipinski definition) is 3. The van der Waals surface area contributed by atoms with Crippen molar-refractivity contribution in [3.8, 4) is 0 Å². The third kappa shape index (κ3) is 5.67. The normalized spacial score (nSPS) is 20.8. The van der Waals surface area contributed by atoms with Gasteiger partial charge in [-0.1, -0.05) is 76.6 Å². The standard InChI is InChI=1S/C28H26BrNO3/c29-24-13-11-23(12-14-24)28(33)17-15-21(16-18-28)26(31)25(19-20-7-3-1-4-8-20)30-27(32)22-9-5-2-6-10-22/h1-14,19,21,33H,15-18H2,(H,30,32)/b25-19-. The van der Waals surface area contributed by atoms with Gasteiger partial charge in [0.15, 0.2) is 5.78 Å². The number of carbonyl (C=O) groups excluding carboxylic acids is 2. The monoisotopic (exact) mass is 503 g/mol. The number of aliphatic hydroxyl groups is 1. The summed E-state index contributed by atoms with van der Waals surface area (Å²) in [4.78, 5) is 26.3. The molecule has 0 atom stereocenters. The molecule has 0 aliphatic heterocycles. The minimum absolute atomic E-state index is 0.0963. The van der Waals surface area contributed by atoms with Crippen LogP contribution in [0.25, 0.3) is 6.08 Å². The first-order valence-corrected chi connectivity index (χ1v) is 11.9. The molecule has 168 valence electrons. The Hall–Kier alpha value is -3.02. The average Bonchev–Trinajstić information content (AvgIpc) is 2.85. The molecule has 1 saturated carbocycles. The fraction of sp³-hybridized carbons (Fsp3) is 0.214. The predicted octanol–water partition coefficient (Wildman–Crippen LogP) is 5.87. The molecule has 0 aromatic heterocycles. The van der Waals surface area contributed by atoms with Crippen LogP contribution >= 0.6 is 15.9 Å². The smallest absolute Gasteiger partial charge is 0.255 e. The van der Waals surface area contributed by atoms with Gasteiger partial charge >= 0.3 is 0 Å². The number of benzene rings is 3. The maximum absolute atomic E-state index is 13.5. The molecule has 2 N–H and O–H groups in total. The first-order valence-electron chi connectivity index (χ1n) is 11.1. The Balaban J connectivity index is 1.52. The molecule has 5 heteroatoms. The highest BCUT2D eigenvalue weighted by molar-refractivity contribution is 9.10. The van der Waals surface area contributed by atoms with Gasteiger partial charge in [-0.2, -0.15) is 0 Å². The van der Waals surface area contributed by atoms with Crippen LogP contribution in [0.4, 0.5) is 0 Å². The molecule has 0 heterocycles. The van der Waals surface area contributed by atoms with E-state index in [2.05, 4.69) is 21.2 Å². The fourth-order valence-electron chi connectivity index (χ4n) is 4.30. The van der Waals surface area contributed by atoms with Crippen molar-refractivity contribution < 1.29 is 14.7 Å². The van der Waals surface area contributed by atoms with Crippen molar-refractivity contribution in [2.75, 3.05) is 0 Å². The second kappa shape index (κ2) is 10.3. The summed E-state index contributed by atoms with van der Waals surface area (Å²) >= 11 is 3.43. The third-order valence-corrected chi connectivity index (χ3v) is 6.75. The summed E-state index contributed by atoms with van der Waals surface area (Å²) in [6, 6.07) is 26.1. The van der Waals surface area contributed by atoms with Gasteiger partial charge in [0.25, 0.3) is 5.91 Å². The predicted molar refractivity (Wildman–Crippen MR) is 133 cm³/mol. The van der Waals surface area contributed by atoms with Crippen LogP contribution in [0.3, 0.4) is 0 Å². The van der Waals surface area contributed by atoms with Gasteiger partial charge in [-0.15, -0.1) is 0 Å². The molecule has 0 saturated heterocycles. The van der Waals surface area contributed by atoms with Gasteiger partial charge in [-0.05, 0) is 67.2 Å². The van der Waals surface area contributed by atoms with Gasteiger partial charge in [-0.3, -0.25) is 9.59 Å². The molecule has 0 radical (unpaired) electrons. The average molecular weight is 504 g/mol. The summed E-state index contributed by atoms with van der Waals surface area (Å²) in [7, 11) is 0. The van der Waals surface area contributed by atoms with Crippen molar-refractivity contribution in [2.45, 2.75) is 31.3 Å². The Bertz CT molecular complexity index is 1130. The number of amides is 1. The number of halogens is 1. The van der Waals surface area contributed by atoms with E-state index in [1.54, 1.807) is 30.3 Å². The van der Waals surface area contributed by atoms with E-state index in [9.17, 15) is 14.7 Å². The van der Waals surface area contributed by atoms with Crippen molar-refractivity contribution in [3.05, 3.63) is 112 Å². The Labute approximate surface area is 202 Å². The Morgan fingerprint density at radius 2 is 1.45 bits per heavy atom. The van der Waals surface area contributed by atoms with E-state index in [1.807, 2.05) is 60.7 Å². The van der Waals surface area contributed by atoms with Crippen LogP contribution in [-0.4, -0.2) is 16.8 Å². The van der Waals surface area contributed by atoms with E-state index in [4.69, 9.17) is 0 Å². The number of carbonyl (C=O) groups is 2. The van der Waals surface area contributed by atoms with E-state index in [1.165, 1.54) is 0 Å².